The Bertz CT molecular complexity index is 360. The van der Waals surface area contributed by atoms with E-state index < -0.39 is 0 Å². The van der Waals surface area contributed by atoms with Crippen molar-refractivity contribution in [2.45, 2.75) is 13.8 Å². The van der Waals surface area contributed by atoms with Crippen LogP contribution in [0.15, 0.2) is 23.2 Å². The summed E-state index contributed by atoms with van der Waals surface area (Å²) in [6.45, 7) is 5.25. The maximum atomic E-state index is 5.73. The Morgan fingerprint density at radius 3 is 2.41 bits per heavy atom. The van der Waals surface area contributed by atoms with Crippen molar-refractivity contribution in [1.29, 1.82) is 0 Å². The molecule has 0 atom stereocenters. The maximum absolute atomic E-state index is 5.73. The average molecular weight is 349 g/mol. The number of nitrogens with zero attached hydrogens (tertiary/aromatic N) is 1. The standard InChI is InChI=1S/C12H19N3O.HI/c1-9-6-10(2)8-11(7-9)15-12(13)14-4-5-16-3;/h6-8H,4-5H2,1-3H3,(H3,13,14,15);1H. The Labute approximate surface area is 120 Å². The van der Waals surface area contributed by atoms with E-state index in [-0.39, 0.29) is 24.0 Å². The second-order valence-electron chi connectivity index (χ2n) is 3.76. The normalized spacial score (nSPS) is 10.9. The summed E-state index contributed by atoms with van der Waals surface area (Å²) in [5.41, 5.74) is 9.10. The Morgan fingerprint density at radius 1 is 1.29 bits per heavy atom. The number of ether oxygens (including phenoxy) is 1. The molecule has 0 saturated carbocycles. The van der Waals surface area contributed by atoms with E-state index in [0.29, 0.717) is 19.1 Å². The van der Waals surface area contributed by atoms with E-state index in [2.05, 4.69) is 30.2 Å². The van der Waals surface area contributed by atoms with Gasteiger partial charge in [-0.3, -0.25) is 4.99 Å². The van der Waals surface area contributed by atoms with Gasteiger partial charge < -0.3 is 15.8 Å². The molecule has 0 amide bonds. The van der Waals surface area contributed by atoms with Crippen molar-refractivity contribution in [3.8, 4) is 0 Å². The molecule has 96 valence electrons. The maximum Gasteiger partial charge on any atom is 0.193 e. The van der Waals surface area contributed by atoms with Crippen molar-refractivity contribution in [3.63, 3.8) is 0 Å². The molecule has 0 heterocycles. The molecule has 0 saturated heterocycles. The van der Waals surface area contributed by atoms with Crippen LogP contribution >= 0.6 is 24.0 Å². The molecule has 0 aliphatic carbocycles. The van der Waals surface area contributed by atoms with Crippen LogP contribution in [0, 0.1) is 13.8 Å². The molecule has 0 aromatic heterocycles. The number of aliphatic imine (C=N–C) groups is 1. The van der Waals surface area contributed by atoms with Crippen molar-refractivity contribution in [3.05, 3.63) is 29.3 Å². The minimum absolute atomic E-state index is 0. The summed E-state index contributed by atoms with van der Waals surface area (Å²) in [4.78, 5) is 4.13. The van der Waals surface area contributed by atoms with Crippen LogP contribution in [0.1, 0.15) is 11.1 Å². The topological polar surface area (TPSA) is 59.6 Å². The van der Waals surface area contributed by atoms with Gasteiger partial charge in [-0.25, -0.2) is 0 Å². The van der Waals surface area contributed by atoms with Gasteiger partial charge in [-0.15, -0.1) is 24.0 Å². The molecule has 17 heavy (non-hydrogen) atoms. The summed E-state index contributed by atoms with van der Waals surface area (Å²) in [6.07, 6.45) is 0. The van der Waals surface area contributed by atoms with E-state index in [9.17, 15) is 0 Å². The molecule has 0 unspecified atom stereocenters. The number of rotatable bonds is 4. The second kappa shape index (κ2) is 8.30. The number of nitrogens with two attached hydrogens (primary N) is 1. The Kier molecular flexibility index (Phi) is 7.90. The van der Waals surface area contributed by atoms with Gasteiger partial charge in [0.1, 0.15) is 0 Å². The first kappa shape index (κ1) is 16.2. The molecule has 3 N–H and O–H groups in total. The zero-order valence-corrected chi connectivity index (χ0v) is 12.8. The number of hydrogen-bond acceptors (Lipinski definition) is 2. The number of hydrogen-bond donors (Lipinski definition) is 2. The highest BCUT2D eigenvalue weighted by atomic mass is 127. The van der Waals surface area contributed by atoms with Crippen molar-refractivity contribution >= 4 is 35.6 Å². The van der Waals surface area contributed by atoms with Gasteiger partial charge in [0.05, 0.1) is 13.2 Å². The molecule has 0 spiro atoms. The summed E-state index contributed by atoms with van der Waals surface area (Å²) < 4.78 is 4.89. The van der Waals surface area contributed by atoms with Gasteiger partial charge in [0.2, 0.25) is 0 Å². The number of nitrogens with one attached hydrogen (secondary N) is 1. The second-order valence-corrected chi connectivity index (χ2v) is 3.76. The molecule has 4 nitrogen and oxygen atoms in total. The SMILES string of the molecule is COCCN=C(N)Nc1cc(C)cc(C)c1.I. The van der Waals surface area contributed by atoms with Crippen LogP contribution in [0.5, 0.6) is 0 Å². The largest absolute Gasteiger partial charge is 0.383 e. The number of guanidine groups is 1. The predicted molar refractivity (Wildman–Crippen MR) is 83.3 cm³/mol. The van der Waals surface area contributed by atoms with Crippen molar-refractivity contribution in [1.82, 2.24) is 0 Å². The first-order chi connectivity index (χ1) is 7.61. The summed E-state index contributed by atoms with van der Waals surface area (Å²) in [5.74, 6) is 0.419. The van der Waals surface area contributed by atoms with Crippen LogP contribution in [0.4, 0.5) is 5.69 Å². The minimum Gasteiger partial charge on any atom is -0.383 e. The van der Waals surface area contributed by atoms with Gasteiger partial charge in [0.25, 0.3) is 0 Å². The Morgan fingerprint density at radius 2 is 1.88 bits per heavy atom. The quantitative estimate of drug-likeness (QED) is 0.380. The molecule has 5 heteroatoms. The number of anilines is 1. The third-order valence-electron chi connectivity index (χ3n) is 2.07. The van der Waals surface area contributed by atoms with E-state index in [1.165, 1.54) is 11.1 Å². The first-order valence-electron chi connectivity index (χ1n) is 5.26. The summed E-state index contributed by atoms with van der Waals surface area (Å²) in [6, 6.07) is 6.18. The van der Waals surface area contributed by atoms with E-state index in [1.54, 1.807) is 7.11 Å². The molecular weight excluding hydrogens is 329 g/mol. The zero-order valence-electron chi connectivity index (χ0n) is 10.5. The van der Waals surface area contributed by atoms with Crippen molar-refractivity contribution in [2.75, 3.05) is 25.6 Å². The van der Waals surface area contributed by atoms with Crippen molar-refractivity contribution < 1.29 is 4.74 Å². The van der Waals surface area contributed by atoms with Gasteiger partial charge in [0, 0.05) is 12.8 Å². The molecule has 0 bridgehead atoms. The molecular formula is C12H20IN3O. The fraction of sp³-hybridized carbons (Fsp3) is 0.417. The number of benzene rings is 1. The van der Waals surface area contributed by atoms with Crippen LogP contribution < -0.4 is 11.1 Å². The molecule has 0 fully saturated rings. The van der Waals surface area contributed by atoms with Crippen LogP contribution in [0.3, 0.4) is 0 Å². The zero-order chi connectivity index (χ0) is 12.0. The molecule has 1 aromatic rings. The van der Waals surface area contributed by atoms with Gasteiger partial charge in [0.15, 0.2) is 5.96 Å². The monoisotopic (exact) mass is 349 g/mol. The predicted octanol–water partition coefficient (Wildman–Crippen LogP) is 2.29. The summed E-state index contributed by atoms with van der Waals surface area (Å²) in [7, 11) is 1.64. The van der Waals surface area contributed by atoms with Gasteiger partial charge >= 0.3 is 0 Å². The third kappa shape index (κ3) is 6.48. The lowest BCUT2D eigenvalue weighted by Crippen LogP contribution is -2.23. The van der Waals surface area contributed by atoms with E-state index in [1.807, 2.05) is 12.1 Å². The lowest BCUT2D eigenvalue weighted by molar-refractivity contribution is 0.208. The summed E-state index contributed by atoms with van der Waals surface area (Å²) in [5, 5.41) is 3.05. The van der Waals surface area contributed by atoms with Gasteiger partial charge in [-0.05, 0) is 37.1 Å². The highest BCUT2D eigenvalue weighted by Gasteiger charge is 1.97. The molecule has 0 aliphatic heterocycles. The summed E-state index contributed by atoms with van der Waals surface area (Å²) >= 11 is 0. The fourth-order valence-corrected chi connectivity index (χ4v) is 1.49. The minimum atomic E-state index is 0. The highest BCUT2D eigenvalue weighted by molar-refractivity contribution is 14.0. The molecule has 1 aromatic carbocycles. The lowest BCUT2D eigenvalue weighted by atomic mass is 10.1. The van der Waals surface area contributed by atoms with Gasteiger partial charge in [-0.2, -0.15) is 0 Å². The Balaban J connectivity index is 0.00000256. The van der Waals surface area contributed by atoms with E-state index in [0.717, 1.165) is 5.69 Å². The number of methoxy groups -OCH3 is 1. The third-order valence-corrected chi connectivity index (χ3v) is 2.07. The highest BCUT2D eigenvalue weighted by Crippen LogP contribution is 2.13. The van der Waals surface area contributed by atoms with E-state index >= 15 is 0 Å². The molecule has 0 radical (unpaired) electrons. The van der Waals surface area contributed by atoms with E-state index in [4.69, 9.17) is 10.5 Å². The van der Waals surface area contributed by atoms with Crippen LogP contribution in [-0.2, 0) is 4.74 Å². The van der Waals surface area contributed by atoms with Crippen molar-refractivity contribution in [2.24, 2.45) is 10.7 Å². The smallest absolute Gasteiger partial charge is 0.193 e. The fourth-order valence-electron chi connectivity index (χ4n) is 1.49. The molecule has 0 aliphatic rings. The van der Waals surface area contributed by atoms with Crippen LogP contribution in [-0.4, -0.2) is 26.2 Å². The van der Waals surface area contributed by atoms with Crippen LogP contribution in [0.2, 0.25) is 0 Å². The number of halogens is 1. The Hall–Kier alpha value is -0.820. The average Bonchev–Trinajstić information content (AvgIpc) is 2.16. The lowest BCUT2D eigenvalue weighted by Gasteiger charge is -2.07. The van der Waals surface area contributed by atoms with Crippen LogP contribution in [0.25, 0.3) is 0 Å². The number of aryl methyl sites for hydroxylation is 2. The van der Waals surface area contributed by atoms with Gasteiger partial charge in [-0.1, -0.05) is 6.07 Å². The molecule has 1 rings (SSSR count). The first-order valence-corrected chi connectivity index (χ1v) is 5.26.